The normalized spacial score (nSPS) is 17.7. The fourth-order valence-electron chi connectivity index (χ4n) is 3.57. The molecule has 0 radical (unpaired) electrons. The van der Waals surface area contributed by atoms with Crippen molar-refractivity contribution in [3.05, 3.63) is 30.5 Å². The van der Waals surface area contributed by atoms with Gasteiger partial charge in [-0.2, -0.15) is 5.10 Å². The highest BCUT2D eigenvalue weighted by molar-refractivity contribution is 5.60. The minimum atomic E-state index is 0.659. The predicted octanol–water partition coefficient (Wildman–Crippen LogP) is 2.96. The fraction of sp³-hybridized carbons (Fsp3) is 0.550. The van der Waals surface area contributed by atoms with Crippen molar-refractivity contribution in [2.75, 3.05) is 45.2 Å². The number of methoxy groups -OCH3 is 1. The summed E-state index contributed by atoms with van der Waals surface area (Å²) in [5.41, 5.74) is 1.84. The van der Waals surface area contributed by atoms with Crippen molar-refractivity contribution in [3.63, 3.8) is 0 Å². The minimum Gasteiger partial charge on any atom is -0.497 e. The molecule has 1 saturated heterocycles. The first-order valence-corrected chi connectivity index (χ1v) is 9.32. The van der Waals surface area contributed by atoms with Gasteiger partial charge in [0.05, 0.1) is 19.0 Å². The summed E-state index contributed by atoms with van der Waals surface area (Å²) in [4.78, 5) is 9.40. The van der Waals surface area contributed by atoms with Crippen molar-refractivity contribution in [2.24, 2.45) is 11.8 Å². The largest absolute Gasteiger partial charge is 0.497 e. The molecule has 0 aliphatic carbocycles. The van der Waals surface area contributed by atoms with Crippen LogP contribution in [0.15, 0.2) is 30.5 Å². The van der Waals surface area contributed by atoms with Gasteiger partial charge in [0.2, 0.25) is 5.95 Å². The van der Waals surface area contributed by atoms with Crippen LogP contribution in [0.2, 0.25) is 0 Å². The maximum atomic E-state index is 5.21. The zero-order chi connectivity index (χ0) is 18.5. The molecule has 0 spiro atoms. The molecule has 1 aliphatic heterocycles. The van der Waals surface area contributed by atoms with Crippen LogP contribution in [0.3, 0.4) is 0 Å². The van der Waals surface area contributed by atoms with Gasteiger partial charge in [-0.1, -0.05) is 13.8 Å². The summed E-state index contributed by atoms with van der Waals surface area (Å²) in [5.74, 6) is 2.90. The maximum absolute atomic E-state index is 5.21. The zero-order valence-electron chi connectivity index (χ0n) is 16.2. The molecule has 0 amide bonds. The Morgan fingerprint density at radius 3 is 2.73 bits per heavy atom. The summed E-state index contributed by atoms with van der Waals surface area (Å²) in [6.45, 7) is 9.07. The van der Waals surface area contributed by atoms with E-state index in [0.29, 0.717) is 11.9 Å². The van der Waals surface area contributed by atoms with E-state index in [2.05, 4.69) is 40.9 Å². The number of likely N-dealkylation sites (tertiary alicyclic amines) is 1. The third-order valence-corrected chi connectivity index (χ3v) is 4.80. The molecular formula is C20H29N5O. The lowest BCUT2D eigenvalue weighted by Gasteiger charge is -2.22. The number of hydrogen-bond donors (Lipinski definition) is 0. The van der Waals surface area contributed by atoms with Gasteiger partial charge in [-0.15, -0.1) is 5.10 Å². The van der Waals surface area contributed by atoms with E-state index in [0.717, 1.165) is 36.0 Å². The highest BCUT2D eigenvalue weighted by atomic mass is 16.5. The van der Waals surface area contributed by atoms with Gasteiger partial charge in [0.1, 0.15) is 5.75 Å². The molecule has 0 unspecified atom stereocenters. The Labute approximate surface area is 156 Å². The molecular weight excluding hydrogens is 326 g/mol. The lowest BCUT2D eigenvalue weighted by atomic mass is 10.1. The number of rotatable bonds is 7. The monoisotopic (exact) mass is 355 g/mol. The molecule has 0 bridgehead atoms. The summed E-state index contributed by atoms with van der Waals surface area (Å²) in [6.07, 6.45) is 2.95. The van der Waals surface area contributed by atoms with Crippen molar-refractivity contribution in [2.45, 2.75) is 20.3 Å². The van der Waals surface area contributed by atoms with Crippen molar-refractivity contribution >= 4 is 5.95 Å². The molecule has 3 rings (SSSR count). The molecule has 1 aliphatic rings. The highest BCUT2D eigenvalue weighted by Gasteiger charge is 2.24. The van der Waals surface area contributed by atoms with Crippen molar-refractivity contribution in [1.82, 2.24) is 20.1 Å². The van der Waals surface area contributed by atoms with E-state index in [4.69, 9.17) is 9.72 Å². The topological polar surface area (TPSA) is 54.4 Å². The molecule has 140 valence electrons. The molecule has 1 atom stereocenters. The SMILES string of the molecule is COc1ccc(-c2cnnc(N(C)C[C@H]3CCN(CC(C)C)C3)n2)cc1. The Balaban J connectivity index is 1.64. The van der Waals surface area contributed by atoms with Gasteiger partial charge in [-0.25, -0.2) is 4.98 Å². The smallest absolute Gasteiger partial charge is 0.245 e. The van der Waals surface area contributed by atoms with Gasteiger partial charge in [0.25, 0.3) is 0 Å². The lowest BCUT2D eigenvalue weighted by Crippen LogP contribution is -2.30. The van der Waals surface area contributed by atoms with Crippen LogP contribution >= 0.6 is 0 Å². The number of aromatic nitrogens is 3. The van der Waals surface area contributed by atoms with Crippen LogP contribution in [-0.2, 0) is 0 Å². The fourth-order valence-corrected chi connectivity index (χ4v) is 3.57. The van der Waals surface area contributed by atoms with Crippen LogP contribution in [0.25, 0.3) is 11.3 Å². The average Bonchev–Trinajstić information content (AvgIpc) is 3.08. The number of anilines is 1. The Bertz CT molecular complexity index is 704. The number of ether oxygens (including phenoxy) is 1. The second-order valence-corrected chi connectivity index (χ2v) is 7.56. The molecule has 0 N–H and O–H groups in total. The number of hydrogen-bond acceptors (Lipinski definition) is 6. The van der Waals surface area contributed by atoms with Crippen LogP contribution in [0.1, 0.15) is 20.3 Å². The average molecular weight is 355 g/mol. The van der Waals surface area contributed by atoms with E-state index in [-0.39, 0.29) is 0 Å². The second kappa shape index (κ2) is 8.45. The van der Waals surface area contributed by atoms with Gasteiger partial charge in [-0.3, -0.25) is 0 Å². The van der Waals surface area contributed by atoms with E-state index in [1.54, 1.807) is 13.3 Å². The van der Waals surface area contributed by atoms with E-state index in [1.807, 2.05) is 24.3 Å². The van der Waals surface area contributed by atoms with E-state index in [1.165, 1.54) is 19.5 Å². The summed E-state index contributed by atoms with van der Waals surface area (Å²) in [6, 6.07) is 7.85. The summed E-state index contributed by atoms with van der Waals surface area (Å²) >= 11 is 0. The van der Waals surface area contributed by atoms with E-state index in [9.17, 15) is 0 Å². The van der Waals surface area contributed by atoms with Crippen LogP contribution in [0.4, 0.5) is 5.95 Å². The van der Waals surface area contributed by atoms with Gasteiger partial charge in [-0.05, 0) is 49.1 Å². The van der Waals surface area contributed by atoms with Crippen molar-refractivity contribution < 1.29 is 4.74 Å². The molecule has 6 heteroatoms. The third kappa shape index (κ3) is 4.69. The molecule has 2 heterocycles. The molecule has 26 heavy (non-hydrogen) atoms. The number of nitrogens with zero attached hydrogens (tertiary/aromatic N) is 5. The Kier molecular flexibility index (Phi) is 6.04. The summed E-state index contributed by atoms with van der Waals surface area (Å²) in [5, 5.41) is 8.39. The third-order valence-electron chi connectivity index (χ3n) is 4.80. The van der Waals surface area contributed by atoms with E-state index < -0.39 is 0 Å². The van der Waals surface area contributed by atoms with Crippen molar-refractivity contribution in [3.8, 4) is 17.0 Å². The predicted molar refractivity (Wildman–Crippen MR) is 104 cm³/mol. The Morgan fingerprint density at radius 1 is 1.27 bits per heavy atom. The molecule has 1 aromatic carbocycles. The van der Waals surface area contributed by atoms with Gasteiger partial charge >= 0.3 is 0 Å². The molecule has 1 fully saturated rings. The lowest BCUT2D eigenvalue weighted by molar-refractivity contribution is 0.287. The first-order chi connectivity index (χ1) is 12.5. The molecule has 2 aromatic rings. The minimum absolute atomic E-state index is 0.659. The van der Waals surface area contributed by atoms with Crippen LogP contribution in [-0.4, -0.2) is 60.4 Å². The van der Waals surface area contributed by atoms with Crippen LogP contribution in [0, 0.1) is 11.8 Å². The molecule has 1 aromatic heterocycles. The molecule has 6 nitrogen and oxygen atoms in total. The van der Waals surface area contributed by atoms with Gasteiger partial charge in [0.15, 0.2) is 0 Å². The quantitative estimate of drug-likeness (QED) is 0.761. The van der Waals surface area contributed by atoms with E-state index >= 15 is 0 Å². The molecule has 0 saturated carbocycles. The first-order valence-electron chi connectivity index (χ1n) is 9.32. The van der Waals surface area contributed by atoms with Gasteiger partial charge < -0.3 is 14.5 Å². The van der Waals surface area contributed by atoms with Crippen LogP contribution < -0.4 is 9.64 Å². The number of benzene rings is 1. The first kappa shape index (κ1) is 18.6. The van der Waals surface area contributed by atoms with Crippen LogP contribution in [0.5, 0.6) is 5.75 Å². The van der Waals surface area contributed by atoms with Gasteiger partial charge in [0, 0.05) is 32.2 Å². The highest BCUT2D eigenvalue weighted by Crippen LogP contribution is 2.23. The standard InChI is InChI=1S/C20H29N5O/c1-15(2)12-25-10-9-16(14-25)13-24(3)20-22-19(11-21-23-20)17-5-7-18(26-4)8-6-17/h5-8,11,15-16H,9-10,12-14H2,1-4H3/t16-/m1/s1. The summed E-state index contributed by atoms with van der Waals surface area (Å²) in [7, 11) is 3.72. The Hall–Kier alpha value is -2.21. The second-order valence-electron chi connectivity index (χ2n) is 7.56. The van der Waals surface area contributed by atoms with Crippen molar-refractivity contribution in [1.29, 1.82) is 0 Å². The Morgan fingerprint density at radius 2 is 2.04 bits per heavy atom. The zero-order valence-corrected chi connectivity index (χ0v) is 16.2. The summed E-state index contributed by atoms with van der Waals surface area (Å²) < 4.78 is 5.21. The maximum Gasteiger partial charge on any atom is 0.245 e.